The second-order valence-corrected chi connectivity index (χ2v) is 3.48. The summed E-state index contributed by atoms with van der Waals surface area (Å²) in [5.41, 5.74) is 1.14. The Labute approximate surface area is 86.3 Å². The minimum Gasteiger partial charge on any atom is -0.481 e. The van der Waals surface area contributed by atoms with E-state index in [9.17, 15) is 0 Å². The molecule has 0 aromatic carbocycles. The molecule has 1 aromatic rings. The van der Waals surface area contributed by atoms with E-state index in [1.165, 1.54) is 25.7 Å². The third kappa shape index (κ3) is 3.77. The van der Waals surface area contributed by atoms with Gasteiger partial charge in [0.1, 0.15) is 0 Å². The minimum atomic E-state index is 0.720. The fourth-order valence-electron chi connectivity index (χ4n) is 1.44. The van der Waals surface area contributed by atoms with Crippen LogP contribution in [-0.4, -0.2) is 12.1 Å². The average Bonchev–Trinajstić information content (AvgIpc) is 2.25. The topological polar surface area (TPSA) is 22.1 Å². The molecule has 0 bridgehead atoms. The van der Waals surface area contributed by atoms with Gasteiger partial charge in [-0.3, -0.25) is 0 Å². The van der Waals surface area contributed by atoms with Crippen LogP contribution in [0.5, 0.6) is 5.88 Å². The largest absolute Gasteiger partial charge is 0.481 e. The molecule has 0 radical (unpaired) electrons. The van der Waals surface area contributed by atoms with E-state index in [1.807, 2.05) is 12.1 Å². The van der Waals surface area contributed by atoms with E-state index in [-0.39, 0.29) is 0 Å². The van der Waals surface area contributed by atoms with Gasteiger partial charge in [-0.2, -0.15) is 0 Å². The molecule has 0 N–H and O–H groups in total. The lowest BCUT2D eigenvalue weighted by Gasteiger charge is -2.02. The summed E-state index contributed by atoms with van der Waals surface area (Å²) in [6.07, 6.45) is 6.20. The molecule has 2 heteroatoms. The molecule has 1 heterocycles. The molecule has 1 aromatic heterocycles. The number of methoxy groups -OCH3 is 1. The van der Waals surface area contributed by atoms with Crippen LogP contribution in [0.1, 0.15) is 38.3 Å². The number of unbranched alkanes of at least 4 members (excludes halogenated alkanes) is 3. The summed E-state index contributed by atoms with van der Waals surface area (Å²) < 4.78 is 5.07. The maximum Gasteiger partial charge on any atom is 0.213 e. The van der Waals surface area contributed by atoms with E-state index in [0.717, 1.165) is 18.0 Å². The molecule has 0 saturated carbocycles. The summed E-state index contributed by atoms with van der Waals surface area (Å²) in [6.45, 7) is 2.23. The van der Waals surface area contributed by atoms with Crippen molar-refractivity contribution in [3.05, 3.63) is 23.9 Å². The normalized spacial score (nSPS) is 10.1. The van der Waals surface area contributed by atoms with Crippen molar-refractivity contribution in [2.75, 3.05) is 7.11 Å². The van der Waals surface area contributed by atoms with Crippen LogP contribution in [0.25, 0.3) is 0 Å². The van der Waals surface area contributed by atoms with Crippen molar-refractivity contribution in [1.29, 1.82) is 0 Å². The zero-order chi connectivity index (χ0) is 10.2. The number of aromatic nitrogens is 1. The second kappa shape index (κ2) is 6.41. The summed E-state index contributed by atoms with van der Waals surface area (Å²) >= 11 is 0. The molecule has 0 aliphatic rings. The molecular formula is C12H19NO. The first-order chi connectivity index (χ1) is 6.86. The highest BCUT2D eigenvalue weighted by molar-refractivity contribution is 5.15. The van der Waals surface area contributed by atoms with Crippen molar-refractivity contribution >= 4 is 0 Å². The van der Waals surface area contributed by atoms with E-state index in [4.69, 9.17) is 4.74 Å². The van der Waals surface area contributed by atoms with Gasteiger partial charge >= 0.3 is 0 Å². The van der Waals surface area contributed by atoms with E-state index < -0.39 is 0 Å². The fraction of sp³-hybridized carbons (Fsp3) is 0.583. The van der Waals surface area contributed by atoms with Crippen LogP contribution in [0, 0.1) is 0 Å². The van der Waals surface area contributed by atoms with Crippen molar-refractivity contribution in [2.45, 2.75) is 39.0 Å². The minimum absolute atomic E-state index is 0.720. The van der Waals surface area contributed by atoms with Gasteiger partial charge in [0.15, 0.2) is 0 Å². The molecule has 0 unspecified atom stereocenters. The fourth-order valence-corrected chi connectivity index (χ4v) is 1.44. The highest BCUT2D eigenvalue weighted by atomic mass is 16.5. The van der Waals surface area contributed by atoms with Crippen molar-refractivity contribution < 1.29 is 4.74 Å². The van der Waals surface area contributed by atoms with E-state index in [2.05, 4.69) is 18.0 Å². The van der Waals surface area contributed by atoms with Gasteiger partial charge in [-0.25, -0.2) is 4.98 Å². The van der Waals surface area contributed by atoms with Crippen molar-refractivity contribution in [1.82, 2.24) is 4.98 Å². The lowest BCUT2D eigenvalue weighted by molar-refractivity contribution is 0.396. The van der Waals surface area contributed by atoms with Crippen LogP contribution in [0.3, 0.4) is 0 Å². The monoisotopic (exact) mass is 193 g/mol. The van der Waals surface area contributed by atoms with Crippen LogP contribution >= 0.6 is 0 Å². The molecule has 0 spiro atoms. The van der Waals surface area contributed by atoms with Gasteiger partial charge in [0.2, 0.25) is 5.88 Å². The highest BCUT2D eigenvalue weighted by Crippen LogP contribution is 2.10. The van der Waals surface area contributed by atoms with Crippen molar-refractivity contribution in [3.8, 4) is 5.88 Å². The maximum atomic E-state index is 5.07. The number of hydrogen-bond acceptors (Lipinski definition) is 2. The maximum absolute atomic E-state index is 5.07. The standard InChI is InChI=1S/C12H19NO/c1-3-4-5-6-8-11-9-7-10-12(13-11)14-2/h7,9-10H,3-6,8H2,1-2H3. The quantitative estimate of drug-likeness (QED) is 0.647. The van der Waals surface area contributed by atoms with E-state index in [0.29, 0.717) is 0 Å². The Morgan fingerprint density at radius 1 is 1.21 bits per heavy atom. The van der Waals surface area contributed by atoms with Gasteiger partial charge in [0.25, 0.3) is 0 Å². The molecule has 2 nitrogen and oxygen atoms in total. The molecule has 0 aliphatic heterocycles. The molecular weight excluding hydrogens is 174 g/mol. The van der Waals surface area contributed by atoms with Crippen molar-refractivity contribution in [3.63, 3.8) is 0 Å². The van der Waals surface area contributed by atoms with Gasteiger partial charge in [0, 0.05) is 11.8 Å². The molecule has 0 aliphatic carbocycles. The predicted molar refractivity (Wildman–Crippen MR) is 58.6 cm³/mol. The average molecular weight is 193 g/mol. The number of aryl methyl sites for hydroxylation is 1. The van der Waals surface area contributed by atoms with Crippen LogP contribution in [0.4, 0.5) is 0 Å². The van der Waals surface area contributed by atoms with Crippen LogP contribution in [-0.2, 0) is 6.42 Å². The molecule has 0 saturated heterocycles. The zero-order valence-corrected chi connectivity index (χ0v) is 9.12. The summed E-state index contributed by atoms with van der Waals surface area (Å²) in [6, 6.07) is 5.95. The summed E-state index contributed by atoms with van der Waals surface area (Å²) in [7, 11) is 1.66. The van der Waals surface area contributed by atoms with Crippen LogP contribution in [0.2, 0.25) is 0 Å². The Morgan fingerprint density at radius 3 is 2.79 bits per heavy atom. The molecule has 0 fully saturated rings. The predicted octanol–water partition coefficient (Wildman–Crippen LogP) is 3.21. The van der Waals surface area contributed by atoms with E-state index in [1.54, 1.807) is 7.11 Å². The number of ether oxygens (including phenoxy) is 1. The second-order valence-electron chi connectivity index (χ2n) is 3.48. The molecule has 0 atom stereocenters. The van der Waals surface area contributed by atoms with Gasteiger partial charge in [0.05, 0.1) is 7.11 Å². The Hall–Kier alpha value is -1.05. The summed E-state index contributed by atoms with van der Waals surface area (Å²) in [4.78, 5) is 4.37. The van der Waals surface area contributed by atoms with E-state index >= 15 is 0 Å². The molecule has 14 heavy (non-hydrogen) atoms. The van der Waals surface area contributed by atoms with Gasteiger partial charge in [-0.05, 0) is 18.9 Å². The van der Waals surface area contributed by atoms with Crippen molar-refractivity contribution in [2.24, 2.45) is 0 Å². The third-order valence-corrected chi connectivity index (χ3v) is 2.28. The number of pyridine rings is 1. The Kier molecular flexibility index (Phi) is 5.05. The number of hydrogen-bond donors (Lipinski definition) is 0. The SMILES string of the molecule is CCCCCCc1cccc(OC)n1. The smallest absolute Gasteiger partial charge is 0.213 e. The van der Waals surface area contributed by atoms with Crippen LogP contribution in [0.15, 0.2) is 18.2 Å². The Balaban J connectivity index is 2.34. The molecule has 78 valence electrons. The first-order valence-corrected chi connectivity index (χ1v) is 5.36. The third-order valence-electron chi connectivity index (χ3n) is 2.28. The Morgan fingerprint density at radius 2 is 2.07 bits per heavy atom. The summed E-state index contributed by atoms with van der Waals surface area (Å²) in [5, 5.41) is 0. The highest BCUT2D eigenvalue weighted by Gasteiger charge is 1.97. The lowest BCUT2D eigenvalue weighted by atomic mass is 10.1. The Bertz CT molecular complexity index is 260. The summed E-state index contributed by atoms with van der Waals surface area (Å²) in [5.74, 6) is 0.720. The van der Waals surface area contributed by atoms with Gasteiger partial charge in [-0.15, -0.1) is 0 Å². The van der Waals surface area contributed by atoms with Gasteiger partial charge < -0.3 is 4.74 Å². The first-order valence-electron chi connectivity index (χ1n) is 5.36. The number of rotatable bonds is 6. The van der Waals surface area contributed by atoms with Gasteiger partial charge in [-0.1, -0.05) is 32.3 Å². The lowest BCUT2D eigenvalue weighted by Crippen LogP contribution is -1.93. The van der Waals surface area contributed by atoms with Crippen LogP contribution < -0.4 is 4.74 Å². The molecule has 0 amide bonds. The first kappa shape index (κ1) is 11.0. The number of nitrogens with zero attached hydrogens (tertiary/aromatic N) is 1. The molecule has 1 rings (SSSR count). The zero-order valence-electron chi connectivity index (χ0n) is 9.12.